The molecule has 5 rings (SSSR count). The minimum absolute atomic E-state index is 0.715. The quantitative estimate of drug-likeness (QED) is 0.288. The summed E-state index contributed by atoms with van der Waals surface area (Å²) in [7, 11) is 0. The molecule has 5 aromatic rings. The molecule has 0 saturated heterocycles. The van der Waals surface area contributed by atoms with Crippen molar-refractivity contribution in [1.82, 2.24) is 35.0 Å². The van der Waals surface area contributed by atoms with Gasteiger partial charge in [-0.3, -0.25) is 0 Å². The summed E-state index contributed by atoms with van der Waals surface area (Å²) in [5.74, 6) is 2.00. The maximum atomic E-state index is 4.89. The van der Waals surface area contributed by atoms with Crippen molar-refractivity contribution < 1.29 is 0 Å². The lowest BCUT2D eigenvalue weighted by Crippen LogP contribution is -2.07. The second kappa shape index (κ2) is 10.9. The summed E-state index contributed by atoms with van der Waals surface area (Å²) in [6, 6.07) is 27.3. The van der Waals surface area contributed by atoms with E-state index in [0.29, 0.717) is 6.54 Å². The lowest BCUT2D eigenvalue weighted by Gasteiger charge is -2.10. The Kier molecular flexibility index (Phi) is 7.03. The van der Waals surface area contributed by atoms with E-state index in [0.717, 1.165) is 60.6 Å². The molecule has 0 unspecified atom stereocenters. The van der Waals surface area contributed by atoms with Crippen molar-refractivity contribution >= 4 is 0 Å². The summed E-state index contributed by atoms with van der Waals surface area (Å²) in [4.78, 5) is 4.89. The van der Waals surface area contributed by atoms with Crippen LogP contribution >= 0.6 is 0 Å². The van der Waals surface area contributed by atoms with E-state index in [4.69, 9.17) is 10.1 Å². The van der Waals surface area contributed by atoms with Gasteiger partial charge in [-0.1, -0.05) is 86.1 Å². The maximum absolute atomic E-state index is 4.89. The average molecular weight is 464 g/mol. The molecule has 0 fully saturated rings. The normalized spacial score (nSPS) is 11.1. The van der Waals surface area contributed by atoms with Crippen LogP contribution in [-0.4, -0.2) is 35.0 Å². The summed E-state index contributed by atoms with van der Waals surface area (Å²) < 4.78 is 3.77. The van der Waals surface area contributed by atoms with Crippen molar-refractivity contribution in [3.8, 4) is 16.8 Å². The molecule has 35 heavy (non-hydrogen) atoms. The minimum Gasteiger partial charge on any atom is -0.245 e. The van der Waals surface area contributed by atoms with Crippen LogP contribution in [-0.2, 0) is 25.8 Å². The van der Waals surface area contributed by atoms with Crippen molar-refractivity contribution in [3.63, 3.8) is 0 Å². The van der Waals surface area contributed by atoms with Crippen LogP contribution in [0, 0.1) is 0 Å². The zero-order valence-corrected chi connectivity index (χ0v) is 20.0. The topological polar surface area (TPSA) is 74.3 Å². The van der Waals surface area contributed by atoms with Gasteiger partial charge in [-0.25, -0.2) is 9.67 Å². The van der Waals surface area contributed by atoms with Crippen LogP contribution in [0.2, 0.25) is 0 Å². The van der Waals surface area contributed by atoms with Gasteiger partial charge < -0.3 is 0 Å². The SMILES string of the molecule is CCCCc1nc(CCc2ccccc2)nn1Cc1ccc(-c2ccccc2-n2cnnn2)cc1. The zero-order valence-electron chi connectivity index (χ0n) is 20.0. The number of nitrogens with zero attached hydrogens (tertiary/aromatic N) is 7. The van der Waals surface area contributed by atoms with Crippen molar-refractivity contribution in [2.45, 2.75) is 45.6 Å². The highest BCUT2D eigenvalue weighted by atomic mass is 15.5. The van der Waals surface area contributed by atoms with Crippen LogP contribution in [0.4, 0.5) is 0 Å². The van der Waals surface area contributed by atoms with Crippen LogP contribution in [0.15, 0.2) is 85.2 Å². The van der Waals surface area contributed by atoms with Gasteiger partial charge in [0.2, 0.25) is 0 Å². The molecule has 7 heteroatoms. The van der Waals surface area contributed by atoms with Gasteiger partial charge in [0.05, 0.1) is 12.2 Å². The van der Waals surface area contributed by atoms with Gasteiger partial charge >= 0.3 is 0 Å². The highest BCUT2D eigenvalue weighted by Crippen LogP contribution is 2.26. The van der Waals surface area contributed by atoms with Gasteiger partial charge in [-0.15, -0.1) is 5.10 Å². The minimum atomic E-state index is 0.715. The Bertz CT molecular complexity index is 1340. The molecule has 0 spiro atoms. The third kappa shape index (κ3) is 5.51. The molecule has 0 amide bonds. The Morgan fingerprint density at radius 2 is 1.57 bits per heavy atom. The summed E-state index contributed by atoms with van der Waals surface area (Å²) in [5.41, 5.74) is 5.67. The molecule has 7 nitrogen and oxygen atoms in total. The van der Waals surface area contributed by atoms with E-state index in [-0.39, 0.29) is 0 Å². The zero-order chi connectivity index (χ0) is 23.9. The van der Waals surface area contributed by atoms with Gasteiger partial charge in [0.15, 0.2) is 5.82 Å². The van der Waals surface area contributed by atoms with Crippen LogP contribution in [0.5, 0.6) is 0 Å². The van der Waals surface area contributed by atoms with Crippen molar-refractivity contribution in [2.75, 3.05) is 0 Å². The first-order chi connectivity index (χ1) is 17.3. The van der Waals surface area contributed by atoms with E-state index in [1.54, 1.807) is 11.0 Å². The van der Waals surface area contributed by atoms with E-state index in [9.17, 15) is 0 Å². The molecule has 0 atom stereocenters. The summed E-state index contributed by atoms with van der Waals surface area (Å²) in [6.07, 6.45) is 6.62. The first-order valence-electron chi connectivity index (χ1n) is 12.2. The molecular formula is C28H29N7. The maximum Gasteiger partial charge on any atom is 0.151 e. The molecular weight excluding hydrogens is 434 g/mol. The molecule has 2 heterocycles. The number of tetrazole rings is 1. The monoisotopic (exact) mass is 463 g/mol. The van der Waals surface area contributed by atoms with Gasteiger partial charge in [0, 0.05) is 18.4 Å². The Morgan fingerprint density at radius 1 is 0.771 bits per heavy atom. The molecule has 0 radical (unpaired) electrons. The third-order valence-electron chi connectivity index (χ3n) is 6.12. The molecule has 0 saturated carbocycles. The molecule has 0 N–H and O–H groups in total. The van der Waals surface area contributed by atoms with Crippen LogP contribution in [0.1, 0.15) is 42.5 Å². The summed E-state index contributed by atoms with van der Waals surface area (Å²) in [5, 5.41) is 16.5. The predicted molar refractivity (Wildman–Crippen MR) is 136 cm³/mol. The molecule has 0 bridgehead atoms. The number of aromatic nitrogens is 7. The number of hydrogen-bond donors (Lipinski definition) is 0. The van der Waals surface area contributed by atoms with Crippen LogP contribution in [0.3, 0.4) is 0 Å². The second-order valence-electron chi connectivity index (χ2n) is 8.66. The van der Waals surface area contributed by atoms with Crippen molar-refractivity contribution in [1.29, 1.82) is 0 Å². The van der Waals surface area contributed by atoms with E-state index in [2.05, 4.69) is 87.8 Å². The number of aryl methyl sites for hydroxylation is 3. The van der Waals surface area contributed by atoms with Crippen LogP contribution in [0.25, 0.3) is 16.8 Å². The molecule has 0 aliphatic rings. The fraction of sp³-hybridized carbons (Fsp3) is 0.250. The highest BCUT2D eigenvalue weighted by Gasteiger charge is 2.12. The van der Waals surface area contributed by atoms with Crippen molar-refractivity contribution in [3.05, 3.63) is 108 Å². The standard InChI is InChI=1S/C28H29N7/c1-2-3-13-28-30-27(19-16-22-9-5-4-6-10-22)31-34(28)20-23-14-17-24(18-15-23)25-11-7-8-12-26(25)35-21-29-32-33-35/h4-12,14-15,17-18,21H,2-3,13,16,19-20H2,1H3. The predicted octanol–water partition coefficient (Wildman–Crippen LogP) is 5.10. The number of unbranched alkanes of at least 4 members (excludes halogenated alkanes) is 1. The third-order valence-corrected chi connectivity index (χ3v) is 6.12. The number of hydrogen-bond acceptors (Lipinski definition) is 5. The lowest BCUT2D eigenvalue weighted by atomic mass is 10.0. The highest BCUT2D eigenvalue weighted by molar-refractivity contribution is 5.72. The second-order valence-corrected chi connectivity index (χ2v) is 8.66. The first-order valence-corrected chi connectivity index (χ1v) is 12.2. The molecule has 3 aromatic carbocycles. The first kappa shape index (κ1) is 22.7. The molecule has 0 aliphatic carbocycles. The summed E-state index contributed by atoms with van der Waals surface area (Å²) in [6.45, 7) is 2.93. The Labute approximate surface area is 205 Å². The largest absolute Gasteiger partial charge is 0.245 e. The van der Waals surface area contributed by atoms with Gasteiger partial charge in [0.25, 0.3) is 0 Å². The Morgan fingerprint density at radius 3 is 2.34 bits per heavy atom. The number of para-hydroxylation sites is 1. The van der Waals surface area contributed by atoms with Crippen LogP contribution < -0.4 is 0 Å². The average Bonchev–Trinajstić information content (AvgIpc) is 3.58. The fourth-order valence-corrected chi connectivity index (χ4v) is 4.23. The van der Waals surface area contributed by atoms with Gasteiger partial charge in [0.1, 0.15) is 12.2 Å². The van der Waals surface area contributed by atoms with Crippen molar-refractivity contribution in [2.24, 2.45) is 0 Å². The van der Waals surface area contributed by atoms with Gasteiger partial charge in [-0.05, 0) is 46.0 Å². The summed E-state index contributed by atoms with van der Waals surface area (Å²) >= 11 is 0. The Balaban J connectivity index is 1.34. The smallest absolute Gasteiger partial charge is 0.151 e. The molecule has 0 aliphatic heterocycles. The van der Waals surface area contributed by atoms with E-state index in [1.807, 2.05) is 18.2 Å². The van der Waals surface area contributed by atoms with E-state index in [1.165, 1.54) is 11.1 Å². The number of rotatable bonds is 10. The van der Waals surface area contributed by atoms with E-state index < -0.39 is 0 Å². The Hall–Kier alpha value is -4.13. The fourth-order valence-electron chi connectivity index (χ4n) is 4.23. The van der Waals surface area contributed by atoms with E-state index >= 15 is 0 Å². The van der Waals surface area contributed by atoms with Gasteiger partial charge in [-0.2, -0.15) is 9.78 Å². The number of benzene rings is 3. The molecule has 2 aromatic heterocycles. The molecule has 176 valence electrons. The lowest BCUT2D eigenvalue weighted by molar-refractivity contribution is 0.613.